The number of aliphatic hydroxyl groups excluding tert-OH is 1. The van der Waals surface area contributed by atoms with Gasteiger partial charge in [0.15, 0.2) is 0 Å². The van der Waals surface area contributed by atoms with Gasteiger partial charge in [-0.3, -0.25) is 9.59 Å². The number of carbonyl (C=O) groups is 2. The van der Waals surface area contributed by atoms with Crippen LogP contribution in [0.25, 0.3) is 0 Å². The maximum atomic E-state index is 11.9. The molecule has 1 heterocycles. The standard InChI is InChI=1S/C18H28N4O4S/c1-12(15(6-7-23)27-11-26-17(25)18(3,4)5)22(10-24)9-14-8-20-13(2)21-16(14)19/h8,10,23H,6-7,9,11H2,1-5H3,(H2,19,20,21)/b15-12-. The number of hydrogen-bond acceptors (Lipinski definition) is 8. The number of anilines is 1. The number of aliphatic hydroxyl groups is 1. The maximum Gasteiger partial charge on any atom is 0.312 e. The fourth-order valence-corrected chi connectivity index (χ4v) is 2.91. The Kier molecular flexibility index (Phi) is 8.71. The predicted molar refractivity (Wildman–Crippen MR) is 105 cm³/mol. The van der Waals surface area contributed by atoms with E-state index < -0.39 is 5.41 Å². The molecule has 1 aromatic rings. The highest BCUT2D eigenvalue weighted by molar-refractivity contribution is 8.02. The van der Waals surface area contributed by atoms with Gasteiger partial charge < -0.3 is 20.5 Å². The van der Waals surface area contributed by atoms with Gasteiger partial charge in [-0.15, -0.1) is 0 Å². The molecule has 0 atom stereocenters. The van der Waals surface area contributed by atoms with Gasteiger partial charge in [0.25, 0.3) is 0 Å². The average molecular weight is 397 g/mol. The molecule has 0 radical (unpaired) electrons. The molecule has 9 heteroatoms. The number of amides is 1. The average Bonchev–Trinajstić information content (AvgIpc) is 2.59. The summed E-state index contributed by atoms with van der Waals surface area (Å²) < 4.78 is 5.26. The number of nitrogens with zero attached hydrogens (tertiary/aromatic N) is 3. The topological polar surface area (TPSA) is 119 Å². The first-order valence-electron chi connectivity index (χ1n) is 8.50. The minimum Gasteiger partial charge on any atom is -0.454 e. The number of hydrogen-bond donors (Lipinski definition) is 2. The third-order valence-corrected chi connectivity index (χ3v) is 4.78. The smallest absolute Gasteiger partial charge is 0.312 e. The Morgan fingerprint density at radius 2 is 2.11 bits per heavy atom. The zero-order valence-electron chi connectivity index (χ0n) is 16.5. The van der Waals surface area contributed by atoms with Crippen LogP contribution in [0.2, 0.25) is 0 Å². The second-order valence-corrected chi connectivity index (χ2v) is 8.00. The van der Waals surface area contributed by atoms with Gasteiger partial charge in [-0.25, -0.2) is 9.97 Å². The van der Waals surface area contributed by atoms with E-state index in [0.29, 0.717) is 35.7 Å². The molecule has 0 fully saturated rings. The van der Waals surface area contributed by atoms with Gasteiger partial charge in [0.05, 0.1) is 12.0 Å². The number of rotatable bonds is 9. The first kappa shape index (κ1) is 22.9. The first-order chi connectivity index (χ1) is 12.6. The lowest BCUT2D eigenvalue weighted by Crippen LogP contribution is -2.23. The quantitative estimate of drug-likeness (QED) is 0.370. The molecular weight excluding hydrogens is 368 g/mol. The lowest BCUT2D eigenvalue weighted by molar-refractivity contribution is -0.150. The van der Waals surface area contributed by atoms with Gasteiger partial charge in [0, 0.05) is 35.4 Å². The lowest BCUT2D eigenvalue weighted by Gasteiger charge is -2.22. The summed E-state index contributed by atoms with van der Waals surface area (Å²) in [6.07, 6.45) is 2.62. The zero-order valence-corrected chi connectivity index (χ0v) is 17.3. The normalized spacial score (nSPS) is 12.4. The predicted octanol–water partition coefficient (Wildman–Crippen LogP) is 2.22. The van der Waals surface area contributed by atoms with Gasteiger partial charge in [0.2, 0.25) is 6.41 Å². The molecule has 0 aromatic carbocycles. The summed E-state index contributed by atoms with van der Waals surface area (Å²) in [6, 6.07) is 0. The summed E-state index contributed by atoms with van der Waals surface area (Å²) in [6.45, 7) is 8.95. The molecule has 0 spiro atoms. The van der Waals surface area contributed by atoms with Crippen molar-refractivity contribution in [2.75, 3.05) is 18.3 Å². The van der Waals surface area contributed by atoms with Crippen molar-refractivity contribution in [1.82, 2.24) is 14.9 Å². The van der Waals surface area contributed by atoms with E-state index in [-0.39, 0.29) is 25.1 Å². The number of aryl methyl sites for hydroxylation is 1. The summed E-state index contributed by atoms with van der Waals surface area (Å²) >= 11 is 1.27. The number of aromatic nitrogens is 2. The van der Waals surface area contributed by atoms with Crippen molar-refractivity contribution in [1.29, 1.82) is 0 Å². The van der Waals surface area contributed by atoms with E-state index in [0.717, 1.165) is 4.91 Å². The van der Waals surface area contributed by atoms with Crippen molar-refractivity contribution in [2.24, 2.45) is 5.41 Å². The summed E-state index contributed by atoms with van der Waals surface area (Å²) in [4.78, 5) is 33.9. The molecule has 0 aliphatic rings. The Hall–Kier alpha value is -2.13. The SMILES string of the molecule is C/C(=C(\CCO)SCOC(=O)C(C)(C)C)N(C=O)Cc1cnc(C)nc1N. The van der Waals surface area contributed by atoms with Crippen molar-refractivity contribution in [2.45, 2.75) is 47.6 Å². The van der Waals surface area contributed by atoms with Crippen molar-refractivity contribution >= 4 is 30.0 Å². The van der Waals surface area contributed by atoms with E-state index in [9.17, 15) is 14.7 Å². The molecule has 0 bridgehead atoms. The number of ether oxygens (including phenoxy) is 1. The summed E-state index contributed by atoms with van der Waals surface area (Å²) in [5.41, 5.74) is 6.59. The van der Waals surface area contributed by atoms with Crippen molar-refractivity contribution in [3.05, 3.63) is 28.2 Å². The minimum absolute atomic E-state index is 0.0879. The number of allylic oxidation sites excluding steroid dienone is 1. The summed E-state index contributed by atoms with van der Waals surface area (Å²) in [5.74, 6) is 0.662. The Morgan fingerprint density at radius 1 is 1.44 bits per heavy atom. The number of thioether (sulfide) groups is 1. The third kappa shape index (κ3) is 7.18. The molecule has 1 amide bonds. The van der Waals surface area contributed by atoms with Crippen LogP contribution in [0.15, 0.2) is 16.8 Å². The van der Waals surface area contributed by atoms with Gasteiger partial charge in [-0.2, -0.15) is 0 Å². The second kappa shape index (κ2) is 10.3. The van der Waals surface area contributed by atoms with Crippen LogP contribution in [0.5, 0.6) is 0 Å². The van der Waals surface area contributed by atoms with Crippen LogP contribution in [-0.2, 0) is 20.9 Å². The fourth-order valence-electron chi connectivity index (χ4n) is 2.04. The largest absolute Gasteiger partial charge is 0.454 e. The Bertz CT molecular complexity index is 701. The van der Waals surface area contributed by atoms with Crippen molar-refractivity contribution < 1.29 is 19.4 Å². The molecule has 150 valence electrons. The van der Waals surface area contributed by atoms with Crippen LogP contribution in [-0.4, -0.2) is 44.9 Å². The van der Waals surface area contributed by atoms with Crippen LogP contribution >= 0.6 is 11.8 Å². The monoisotopic (exact) mass is 396 g/mol. The second-order valence-electron chi connectivity index (χ2n) is 6.99. The number of nitrogen functional groups attached to an aromatic ring is 1. The highest BCUT2D eigenvalue weighted by Crippen LogP contribution is 2.27. The van der Waals surface area contributed by atoms with Gasteiger partial charge >= 0.3 is 5.97 Å². The molecule has 0 saturated carbocycles. The Labute approximate surface area is 164 Å². The zero-order chi connectivity index (χ0) is 20.6. The highest BCUT2D eigenvalue weighted by atomic mass is 32.2. The highest BCUT2D eigenvalue weighted by Gasteiger charge is 2.23. The number of nitrogens with two attached hydrogens (primary N) is 1. The Morgan fingerprint density at radius 3 is 2.63 bits per heavy atom. The number of carbonyl (C=O) groups excluding carboxylic acids is 2. The molecule has 0 saturated heterocycles. The van der Waals surface area contributed by atoms with Crippen molar-refractivity contribution in [3.8, 4) is 0 Å². The molecule has 0 aliphatic carbocycles. The minimum atomic E-state index is -0.589. The number of esters is 1. The van der Waals surface area contributed by atoms with E-state index in [1.54, 1.807) is 40.8 Å². The lowest BCUT2D eigenvalue weighted by atomic mass is 9.98. The van der Waals surface area contributed by atoms with Crippen LogP contribution in [0, 0.1) is 12.3 Å². The molecule has 3 N–H and O–H groups in total. The van der Waals surface area contributed by atoms with E-state index in [1.807, 2.05) is 0 Å². The van der Waals surface area contributed by atoms with Crippen molar-refractivity contribution in [3.63, 3.8) is 0 Å². The molecule has 0 aliphatic heterocycles. The van der Waals surface area contributed by atoms with Crippen LogP contribution < -0.4 is 5.73 Å². The fraction of sp³-hybridized carbons (Fsp3) is 0.556. The van der Waals surface area contributed by atoms with E-state index in [2.05, 4.69) is 9.97 Å². The molecule has 1 aromatic heterocycles. The van der Waals surface area contributed by atoms with Crippen LogP contribution in [0.1, 0.15) is 45.5 Å². The van der Waals surface area contributed by atoms with Gasteiger partial charge in [0.1, 0.15) is 17.6 Å². The molecular formula is C18H28N4O4S. The maximum absolute atomic E-state index is 11.9. The molecule has 0 unspecified atom stereocenters. The van der Waals surface area contributed by atoms with E-state index in [4.69, 9.17) is 10.5 Å². The van der Waals surface area contributed by atoms with Crippen LogP contribution in [0.4, 0.5) is 5.82 Å². The molecule has 27 heavy (non-hydrogen) atoms. The summed E-state index contributed by atoms with van der Waals surface area (Å²) in [5, 5.41) is 9.34. The third-order valence-electron chi connectivity index (χ3n) is 3.70. The molecule has 1 rings (SSSR count). The van der Waals surface area contributed by atoms with E-state index in [1.165, 1.54) is 16.7 Å². The van der Waals surface area contributed by atoms with Gasteiger partial charge in [-0.05, 0) is 34.6 Å². The summed E-state index contributed by atoms with van der Waals surface area (Å²) in [7, 11) is 0. The van der Waals surface area contributed by atoms with Gasteiger partial charge in [-0.1, -0.05) is 11.8 Å². The first-order valence-corrected chi connectivity index (χ1v) is 9.49. The van der Waals surface area contributed by atoms with Crippen LogP contribution in [0.3, 0.4) is 0 Å². The Balaban J connectivity index is 2.91. The van der Waals surface area contributed by atoms with E-state index >= 15 is 0 Å². The molecule has 8 nitrogen and oxygen atoms in total.